The fourth-order valence-corrected chi connectivity index (χ4v) is 3.36. The lowest BCUT2D eigenvalue weighted by Crippen LogP contribution is -2.46. The zero-order valence-electron chi connectivity index (χ0n) is 10.7. The molecule has 0 spiro atoms. The van der Waals surface area contributed by atoms with Gasteiger partial charge in [-0.25, -0.2) is 0 Å². The van der Waals surface area contributed by atoms with E-state index in [4.69, 9.17) is 0 Å². The van der Waals surface area contributed by atoms with Gasteiger partial charge in [0, 0.05) is 0 Å². The van der Waals surface area contributed by atoms with Crippen molar-refractivity contribution in [1.29, 1.82) is 0 Å². The van der Waals surface area contributed by atoms with Crippen molar-refractivity contribution in [3.05, 3.63) is 11.6 Å². The first-order chi connectivity index (χ1) is 6.54. The van der Waals surface area contributed by atoms with Gasteiger partial charge >= 0.3 is 0 Å². The molecule has 0 saturated heterocycles. The van der Waals surface area contributed by atoms with Crippen molar-refractivity contribution in [2.24, 2.45) is 29.6 Å². The van der Waals surface area contributed by atoms with Crippen LogP contribution in [0.4, 0.5) is 0 Å². The maximum atomic E-state index is 2.43. The smallest absolute Gasteiger partial charge is 0.0175 e. The molecular formula is C14H26. The fourth-order valence-electron chi connectivity index (χ4n) is 3.36. The fraction of sp³-hybridized carbons (Fsp3) is 0.857. The van der Waals surface area contributed by atoms with Crippen LogP contribution in [0.3, 0.4) is 0 Å². The predicted octanol–water partition coefficient (Wildman–Crippen LogP) is 4.52. The van der Waals surface area contributed by atoms with Crippen molar-refractivity contribution in [2.45, 2.75) is 48.0 Å². The largest absolute Gasteiger partial charge is 0.0884 e. The molecule has 0 aliphatic heterocycles. The molecule has 0 nitrogen and oxygen atoms in total. The molecule has 1 fully saturated rings. The first-order valence-corrected chi connectivity index (χ1v) is 6.17. The molecule has 1 rings (SSSR count). The summed E-state index contributed by atoms with van der Waals surface area (Å²) in [5.41, 5.74) is 1.60. The summed E-state index contributed by atoms with van der Waals surface area (Å²) in [5.74, 6) is 4.54. The van der Waals surface area contributed by atoms with Gasteiger partial charge in [-0.1, -0.05) is 39.3 Å². The standard InChI is InChI=1S/C14H26/c1-7-9(3)13(8-2)14-11(5)10(4)12(14)6/h7,10-14H,8H2,1-6H3. The van der Waals surface area contributed by atoms with Crippen LogP contribution in [0.2, 0.25) is 0 Å². The van der Waals surface area contributed by atoms with Crippen LogP contribution in [0, 0.1) is 29.6 Å². The van der Waals surface area contributed by atoms with Crippen LogP contribution in [0.25, 0.3) is 0 Å². The molecule has 0 amide bonds. The van der Waals surface area contributed by atoms with Crippen molar-refractivity contribution in [1.82, 2.24) is 0 Å². The molecule has 14 heavy (non-hydrogen) atoms. The summed E-state index contributed by atoms with van der Waals surface area (Å²) in [7, 11) is 0. The molecule has 0 aromatic rings. The second-order valence-electron chi connectivity index (χ2n) is 5.20. The average molecular weight is 194 g/mol. The molecule has 3 unspecified atom stereocenters. The minimum absolute atomic E-state index is 0.834. The normalized spacial score (nSPS) is 40.6. The third kappa shape index (κ3) is 1.76. The average Bonchev–Trinajstić information content (AvgIpc) is 2.23. The van der Waals surface area contributed by atoms with E-state index in [9.17, 15) is 0 Å². The van der Waals surface area contributed by atoms with Crippen molar-refractivity contribution < 1.29 is 0 Å². The lowest BCUT2D eigenvalue weighted by molar-refractivity contribution is -0.0183. The van der Waals surface area contributed by atoms with E-state index in [0.29, 0.717) is 0 Å². The molecule has 3 atom stereocenters. The number of hydrogen-bond donors (Lipinski definition) is 0. The Morgan fingerprint density at radius 2 is 1.64 bits per heavy atom. The van der Waals surface area contributed by atoms with E-state index < -0.39 is 0 Å². The lowest BCUT2D eigenvalue weighted by Gasteiger charge is -2.52. The van der Waals surface area contributed by atoms with Gasteiger partial charge in [0.25, 0.3) is 0 Å². The highest BCUT2D eigenvalue weighted by Crippen LogP contribution is 2.51. The molecule has 0 bridgehead atoms. The minimum atomic E-state index is 0.834. The monoisotopic (exact) mass is 194 g/mol. The quantitative estimate of drug-likeness (QED) is 0.580. The molecule has 0 heteroatoms. The number of rotatable bonds is 3. The predicted molar refractivity (Wildman–Crippen MR) is 64.2 cm³/mol. The van der Waals surface area contributed by atoms with E-state index in [-0.39, 0.29) is 0 Å². The van der Waals surface area contributed by atoms with E-state index in [2.05, 4.69) is 47.6 Å². The maximum Gasteiger partial charge on any atom is -0.0175 e. The Morgan fingerprint density at radius 3 is 2.00 bits per heavy atom. The van der Waals surface area contributed by atoms with Crippen LogP contribution in [0.5, 0.6) is 0 Å². The van der Waals surface area contributed by atoms with Gasteiger partial charge in [0.05, 0.1) is 0 Å². The number of hydrogen-bond acceptors (Lipinski definition) is 0. The van der Waals surface area contributed by atoms with Crippen molar-refractivity contribution in [3.8, 4) is 0 Å². The first-order valence-electron chi connectivity index (χ1n) is 6.17. The molecule has 1 saturated carbocycles. The van der Waals surface area contributed by atoms with E-state index >= 15 is 0 Å². The zero-order valence-corrected chi connectivity index (χ0v) is 10.7. The third-order valence-electron chi connectivity index (χ3n) is 4.82. The minimum Gasteiger partial charge on any atom is -0.0884 e. The highest BCUT2D eigenvalue weighted by molar-refractivity contribution is 5.08. The Morgan fingerprint density at radius 1 is 1.14 bits per heavy atom. The summed E-state index contributed by atoms with van der Waals surface area (Å²) in [5, 5.41) is 0. The van der Waals surface area contributed by atoms with Gasteiger partial charge in [0.1, 0.15) is 0 Å². The number of allylic oxidation sites excluding steroid dienone is 2. The van der Waals surface area contributed by atoms with Crippen LogP contribution in [-0.4, -0.2) is 0 Å². The summed E-state index contributed by atoms with van der Waals surface area (Å²) in [6, 6.07) is 0. The van der Waals surface area contributed by atoms with Gasteiger partial charge in [-0.3, -0.25) is 0 Å². The second kappa shape index (κ2) is 4.51. The van der Waals surface area contributed by atoms with E-state index in [0.717, 1.165) is 29.6 Å². The van der Waals surface area contributed by atoms with Gasteiger partial charge in [-0.05, 0) is 49.9 Å². The highest BCUT2D eigenvalue weighted by atomic mass is 14.5. The Kier molecular flexibility index (Phi) is 3.80. The Balaban J connectivity index is 2.72. The van der Waals surface area contributed by atoms with Gasteiger partial charge < -0.3 is 0 Å². The van der Waals surface area contributed by atoms with Crippen LogP contribution >= 0.6 is 0 Å². The van der Waals surface area contributed by atoms with Gasteiger partial charge in [0.2, 0.25) is 0 Å². The molecular weight excluding hydrogens is 168 g/mol. The summed E-state index contributed by atoms with van der Waals surface area (Å²) in [4.78, 5) is 0. The molecule has 0 heterocycles. The lowest BCUT2D eigenvalue weighted by atomic mass is 9.53. The van der Waals surface area contributed by atoms with Gasteiger partial charge in [-0.2, -0.15) is 0 Å². The molecule has 82 valence electrons. The SMILES string of the molecule is CC=C(C)C(CC)C1C(C)C(C)C1C. The van der Waals surface area contributed by atoms with Crippen LogP contribution in [0.1, 0.15) is 48.0 Å². The summed E-state index contributed by atoms with van der Waals surface area (Å²) >= 11 is 0. The van der Waals surface area contributed by atoms with Crippen LogP contribution in [-0.2, 0) is 0 Å². The molecule has 0 radical (unpaired) electrons. The third-order valence-corrected chi connectivity index (χ3v) is 4.82. The summed E-state index contributed by atoms with van der Waals surface area (Å²) in [6.45, 7) is 14.1. The first kappa shape index (κ1) is 11.8. The van der Waals surface area contributed by atoms with Crippen LogP contribution in [0.15, 0.2) is 11.6 Å². The Hall–Kier alpha value is -0.260. The Labute approximate surface area is 89.8 Å². The molecule has 0 N–H and O–H groups in total. The van der Waals surface area contributed by atoms with Gasteiger partial charge in [-0.15, -0.1) is 0 Å². The summed E-state index contributed by atoms with van der Waals surface area (Å²) < 4.78 is 0. The topological polar surface area (TPSA) is 0 Å². The Bertz CT molecular complexity index is 204. The zero-order chi connectivity index (χ0) is 10.9. The second-order valence-corrected chi connectivity index (χ2v) is 5.20. The molecule has 1 aliphatic carbocycles. The summed E-state index contributed by atoms with van der Waals surface area (Å²) in [6.07, 6.45) is 3.61. The van der Waals surface area contributed by atoms with E-state index in [1.807, 2.05) is 0 Å². The van der Waals surface area contributed by atoms with Crippen molar-refractivity contribution in [3.63, 3.8) is 0 Å². The van der Waals surface area contributed by atoms with Crippen molar-refractivity contribution >= 4 is 0 Å². The molecule has 0 aromatic carbocycles. The maximum absolute atomic E-state index is 2.43. The van der Waals surface area contributed by atoms with Crippen molar-refractivity contribution in [2.75, 3.05) is 0 Å². The van der Waals surface area contributed by atoms with E-state index in [1.54, 1.807) is 5.57 Å². The van der Waals surface area contributed by atoms with Gasteiger partial charge in [0.15, 0.2) is 0 Å². The van der Waals surface area contributed by atoms with Crippen LogP contribution < -0.4 is 0 Å². The van der Waals surface area contributed by atoms with E-state index in [1.165, 1.54) is 6.42 Å². The molecule has 1 aliphatic rings. The molecule has 0 aromatic heterocycles. The highest BCUT2D eigenvalue weighted by Gasteiger charge is 2.45.